The number of carbonyl (C=O) groups is 1. The molecule has 1 unspecified atom stereocenters. The van der Waals surface area contributed by atoms with Crippen molar-refractivity contribution in [3.8, 4) is 0 Å². The summed E-state index contributed by atoms with van der Waals surface area (Å²) in [7, 11) is 2.04. The van der Waals surface area contributed by atoms with Crippen LogP contribution < -0.4 is 4.57 Å². The summed E-state index contributed by atoms with van der Waals surface area (Å²) < 4.78 is 10.0. The third-order valence-electron chi connectivity index (χ3n) is 5.32. The number of nitrogens with zero attached hydrogens (tertiary/aromatic N) is 2. The van der Waals surface area contributed by atoms with Gasteiger partial charge in [0.25, 0.3) is 0 Å². The van der Waals surface area contributed by atoms with Gasteiger partial charge in [0.15, 0.2) is 0 Å². The van der Waals surface area contributed by atoms with Gasteiger partial charge in [-0.15, -0.1) is 0 Å². The molecule has 27 heavy (non-hydrogen) atoms. The van der Waals surface area contributed by atoms with E-state index in [-0.39, 0.29) is 11.6 Å². The van der Waals surface area contributed by atoms with Crippen LogP contribution in [0.25, 0.3) is 0 Å². The number of hydrogen-bond acceptors (Lipinski definition) is 2. The Hall–Kier alpha value is -1.32. The number of rotatable bonds is 15. The van der Waals surface area contributed by atoms with Crippen molar-refractivity contribution in [2.24, 2.45) is 7.05 Å². The Labute approximate surface area is 167 Å². The van der Waals surface area contributed by atoms with Crippen LogP contribution in [0.15, 0.2) is 18.7 Å². The maximum absolute atomic E-state index is 12.1. The molecule has 0 aromatic carbocycles. The summed E-state index contributed by atoms with van der Waals surface area (Å²) in [5.41, 5.74) is -0.363. The Balaban J connectivity index is 2.11. The molecule has 1 aromatic rings. The van der Waals surface area contributed by atoms with Crippen molar-refractivity contribution < 1.29 is 14.1 Å². The molecule has 0 aliphatic heterocycles. The van der Waals surface area contributed by atoms with Crippen LogP contribution in [-0.2, 0) is 16.6 Å². The minimum atomic E-state index is -0.363. The van der Waals surface area contributed by atoms with Crippen molar-refractivity contribution in [3.05, 3.63) is 18.7 Å². The second-order valence-corrected chi connectivity index (χ2v) is 8.73. The van der Waals surface area contributed by atoms with E-state index < -0.39 is 0 Å². The molecule has 156 valence electrons. The average molecular weight is 380 g/mol. The predicted molar refractivity (Wildman–Crippen MR) is 112 cm³/mol. The quantitative estimate of drug-likeness (QED) is 0.216. The Bertz CT molecular complexity index is 522. The minimum Gasteiger partial charge on any atom is -0.460 e. The number of carbonyl (C=O) groups excluding carboxylic acids is 1. The van der Waals surface area contributed by atoms with Crippen LogP contribution >= 0.6 is 0 Å². The Morgan fingerprint density at radius 2 is 1.70 bits per heavy atom. The molecule has 0 saturated heterocycles. The molecule has 0 aliphatic rings. The normalized spacial score (nSPS) is 12.9. The van der Waals surface area contributed by atoms with Crippen LogP contribution in [0.1, 0.15) is 111 Å². The van der Waals surface area contributed by atoms with Gasteiger partial charge in [0.05, 0.1) is 13.1 Å². The molecule has 1 atom stereocenters. The molecule has 1 rings (SSSR count). The zero-order chi connectivity index (χ0) is 20.1. The minimum absolute atomic E-state index is 0.0311. The van der Waals surface area contributed by atoms with Gasteiger partial charge in [-0.05, 0) is 46.5 Å². The van der Waals surface area contributed by atoms with Gasteiger partial charge in [0, 0.05) is 6.42 Å². The van der Waals surface area contributed by atoms with E-state index in [2.05, 4.69) is 41.7 Å². The summed E-state index contributed by atoms with van der Waals surface area (Å²) >= 11 is 0. The lowest BCUT2D eigenvalue weighted by molar-refractivity contribution is -0.671. The molecule has 0 saturated carbocycles. The van der Waals surface area contributed by atoms with Crippen molar-refractivity contribution >= 4 is 5.97 Å². The third-order valence-corrected chi connectivity index (χ3v) is 5.32. The van der Waals surface area contributed by atoms with E-state index in [4.69, 9.17) is 4.74 Å². The van der Waals surface area contributed by atoms with Crippen molar-refractivity contribution in [2.45, 2.75) is 116 Å². The van der Waals surface area contributed by atoms with E-state index in [9.17, 15) is 4.79 Å². The highest BCUT2D eigenvalue weighted by atomic mass is 16.6. The molecule has 0 amide bonds. The first kappa shape index (κ1) is 23.7. The number of esters is 1. The number of aromatic nitrogens is 2. The van der Waals surface area contributed by atoms with Crippen molar-refractivity contribution in [1.82, 2.24) is 4.57 Å². The summed E-state index contributed by atoms with van der Waals surface area (Å²) in [6, 6.07) is 0.468. The zero-order valence-corrected chi connectivity index (χ0v) is 18.5. The molecule has 0 aliphatic carbocycles. The highest BCUT2D eigenvalue weighted by molar-refractivity contribution is 5.69. The van der Waals surface area contributed by atoms with Gasteiger partial charge < -0.3 is 4.74 Å². The Kier molecular flexibility index (Phi) is 11.4. The third kappa shape index (κ3) is 11.2. The van der Waals surface area contributed by atoms with Crippen LogP contribution in [0, 0.1) is 0 Å². The first-order chi connectivity index (χ1) is 12.8. The Morgan fingerprint density at radius 1 is 1.07 bits per heavy atom. The first-order valence-corrected chi connectivity index (χ1v) is 11.1. The average Bonchev–Trinajstić information content (AvgIpc) is 3.03. The molecule has 4 heteroatoms. The maximum atomic E-state index is 12.1. The standard InChI is InChI=1S/C23H43N2O2/c1-6-7-8-9-10-11-12-13-16-22(26)27-23(3,4)17-14-15-21(2)25-19-18-24(5)20-25/h18-21H,6-17H2,1-5H3/q+1. The van der Waals surface area contributed by atoms with E-state index in [0.29, 0.717) is 12.5 Å². The molecular weight excluding hydrogens is 336 g/mol. The van der Waals surface area contributed by atoms with Crippen molar-refractivity contribution in [2.75, 3.05) is 0 Å². The lowest BCUT2D eigenvalue weighted by atomic mass is 9.99. The number of unbranched alkanes of at least 4 members (excludes halogenated alkanes) is 7. The number of hydrogen-bond donors (Lipinski definition) is 0. The largest absolute Gasteiger partial charge is 0.460 e. The van der Waals surface area contributed by atoms with Gasteiger partial charge in [-0.2, -0.15) is 0 Å². The lowest BCUT2D eigenvalue weighted by Crippen LogP contribution is -2.28. The Morgan fingerprint density at radius 3 is 2.30 bits per heavy atom. The van der Waals surface area contributed by atoms with E-state index in [1.807, 2.05) is 20.9 Å². The molecule has 0 fully saturated rings. The molecule has 0 bridgehead atoms. The fraction of sp³-hybridized carbons (Fsp3) is 0.826. The summed E-state index contributed by atoms with van der Waals surface area (Å²) in [5, 5.41) is 0. The molecule has 4 nitrogen and oxygen atoms in total. The number of aryl methyl sites for hydroxylation is 1. The molecule has 1 aromatic heterocycles. The second-order valence-electron chi connectivity index (χ2n) is 8.73. The van der Waals surface area contributed by atoms with Gasteiger partial charge in [0.2, 0.25) is 6.33 Å². The van der Waals surface area contributed by atoms with Crippen LogP contribution in [0.2, 0.25) is 0 Å². The van der Waals surface area contributed by atoms with Crippen LogP contribution in [0.4, 0.5) is 0 Å². The lowest BCUT2D eigenvalue weighted by Gasteiger charge is -2.25. The van der Waals surface area contributed by atoms with Crippen LogP contribution in [0.5, 0.6) is 0 Å². The van der Waals surface area contributed by atoms with E-state index in [0.717, 1.165) is 32.1 Å². The monoisotopic (exact) mass is 379 g/mol. The molecular formula is C23H43N2O2+. The van der Waals surface area contributed by atoms with Gasteiger partial charge in [-0.25, -0.2) is 9.13 Å². The highest BCUT2D eigenvalue weighted by Gasteiger charge is 2.23. The summed E-state index contributed by atoms with van der Waals surface area (Å²) in [6.07, 6.45) is 19.9. The first-order valence-electron chi connectivity index (χ1n) is 11.1. The number of ether oxygens (including phenoxy) is 1. The second kappa shape index (κ2) is 13.0. The smallest absolute Gasteiger partial charge is 0.306 e. The summed E-state index contributed by atoms with van der Waals surface area (Å²) in [4.78, 5) is 12.1. The molecule has 1 heterocycles. The van der Waals surface area contributed by atoms with Gasteiger partial charge in [-0.3, -0.25) is 4.79 Å². The van der Waals surface area contributed by atoms with Crippen molar-refractivity contribution in [3.63, 3.8) is 0 Å². The zero-order valence-electron chi connectivity index (χ0n) is 18.5. The van der Waals surface area contributed by atoms with E-state index >= 15 is 0 Å². The van der Waals surface area contributed by atoms with E-state index in [1.165, 1.54) is 38.5 Å². The molecule has 0 radical (unpaired) electrons. The van der Waals surface area contributed by atoms with Crippen molar-refractivity contribution in [1.29, 1.82) is 0 Å². The van der Waals surface area contributed by atoms with Gasteiger partial charge in [0.1, 0.15) is 18.0 Å². The van der Waals surface area contributed by atoms with Crippen LogP contribution in [0.3, 0.4) is 0 Å². The molecule has 0 spiro atoms. The number of imidazole rings is 1. The highest BCUT2D eigenvalue weighted by Crippen LogP contribution is 2.22. The molecule has 0 N–H and O–H groups in total. The van der Waals surface area contributed by atoms with E-state index in [1.54, 1.807) is 0 Å². The topological polar surface area (TPSA) is 35.1 Å². The maximum Gasteiger partial charge on any atom is 0.306 e. The summed E-state index contributed by atoms with van der Waals surface area (Å²) in [5.74, 6) is -0.0311. The van der Waals surface area contributed by atoms with Gasteiger partial charge >= 0.3 is 5.97 Å². The summed E-state index contributed by atoms with van der Waals surface area (Å²) in [6.45, 7) is 8.56. The van der Waals surface area contributed by atoms with Gasteiger partial charge in [-0.1, -0.05) is 51.9 Å². The SMILES string of the molecule is CCCCCCCCCCC(=O)OC(C)(C)CCCC(C)n1cc[n+](C)c1. The fourth-order valence-electron chi connectivity index (χ4n) is 3.52. The predicted octanol–water partition coefficient (Wildman–Crippen LogP) is 5.90. The fourth-order valence-corrected chi connectivity index (χ4v) is 3.52. The van der Waals surface area contributed by atoms with Crippen LogP contribution in [-0.4, -0.2) is 16.1 Å².